The molecule has 1 aromatic carbocycles. The van der Waals surface area contributed by atoms with E-state index < -0.39 is 11.1 Å². The summed E-state index contributed by atoms with van der Waals surface area (Å²) >= 11 is 0. The van der Waals surface area contributed by atoms with Gasteiger partial charge in [-0.15, -0.1) is 0 Å². The molecule has 6 atom stereocenters. The molecule has 0 aromatic heterocycles. The van der Waals surface area contributed by atoms with Crippen LogP contribution in [0, 0.1) is 11.8 Å². The Balaban J connectivity index is 1.64. The van der Waals surface area contributed by atoms with E-state index in [-0.39, 0.29) is 30.1 Å². The molecule has 7 heteroatoms. The fourth-order valence-corrected chi connectivity index (χ4v) is 7.12. The van der Waals surface area contributed by atoms with Gasteiger partial charge in [0.15, 0.2) is 17.2 Å². The maximum atomic E-state index is 13.3. The summed E-state index contributed by atoms with van der Waals surface area (Å²) < 4.78 is 23.3. The van der Waals surface area contributed by atoms with Crippen LogP contribution in [0.2, 0.25) is 0 Å². The van der Waals surface area contributed by atoms with Gasteiger partial charge in [-0.3, -0.25) is 9.69 Å². The highest BCUT2D eigenvalue weighted by Crippen LogP contribution is 2.72. The standard InChI is InChI=1S/C22H26N2O5/c1-5-11-10-24-17-6-12(11)19(20(25)28-4)21-9-18(24)29-22(17,21)23-14-8-16(27-3)15(26-2)7-13(14)21/h5,7-8,12,17-19,23H,6,9-10H2,1-4H3/b11-5-/t12-,17-,18-,19-,21-,22-/m0/s1. The smallest absolute Gasteiger partial charge is 0.310 e. The fraction of sp³-hybridized carbons (Fsp3) is 0.591. The average Bonchev–Trinajstić information content (AvgIpc) is 3.33. The molecule has 4 fully saturated rings. The largest absolute Gasteiger partial charge is 0.493 e. The SMILES string of the molecule is C/C=C1/CN2[C@@H]3C[C@@]45c6cc(OC)c(OC)cc6N[C@]4(O3)[C@@H]2C[C@@H]1[C@H]5C(=O)OC. The Kier molecular flexibility index (Phi) is 3.31. The van der Waals surface area contributed by atoms with Gasteiger partial charge in [0.05, 0.1) is 38.7 Å². The number of anilines is 1. The number of nitrogens with zero attached hydrogens (tertiary/aromatic N) is 1. The first-order valence-electron chi connectivity index (χ1n) is 10.3. The third kappa shape index (κ3) is 1.73. The van der Waals surface area contributed by atoms with Gasteiger partial charge < -0.3 is 24.3 Å². The van der Waals surface area contributed by atoms with Crippen molar-refractivity contribution in [2.75, 3.05) is 33.2 Å². The molecule has 6 rings (SSSR count). The molecule has 0 unspecified atom stereocenters. The average molecular weight is 398 g/mol. The Bertz CT molecular complexity index is 961. The number of piperidine rings is 2. The molecule has 0 amide bonds. The maximum Gasteiger partial charge on any atom is 0.310 e. The molecule has 4 aliphatic heterocycles. The van der Waals surface area contributed by atoms with Crippen LogP contribution in [-0.2, 0) is 19.7 Å². The zero-order chi connectivity index (χ0) is 20.1. The first kappa shape index (κ1) is 17.6. The van der Waals surface area contributed by atoms with Crippen molar-refractivity contribution in [3.63, 3.8) is 0 Å². The minimum Gasteiger partial charge on any atom is -0.493 e. The van der Waals surface area contributed by atoms with Gasteiger partial charge in [-0.2, -0.15) is 0 Å². The number of rotatable bonds is 3. The summed E-state index contributed by atoms with van der Waals surface area (Å²) in [5.41, 5.74) is 2.25. The maximum absolute atomic E-state index is 13.3. The van der Waals surface area contributed by atoms with E-state index in [0.29, 0.717) is 11.5 Å². The minimum atomic E-state index is -0.619. The van der Waals surface area contributed by atoms with Gasteiger partial charge in [0.25, 0.3) is 0 Å². The number of fused-ring (bicyclic) bond motifs is 4. The molecular weight excluding hydrogens is 372 g/mol. The van der Waals surface area contributed by atoms with E-state index in [1.54, 1.807) is 14.2 Å². The molecular formula is C22H26N2O5. The lowest BCUT2D eigenvalue weighted by atomic mass is 9.49. The molecule has 4 bridgehead atoms. The van der Waals surface area contributed by atoms with Crippen LogP contribution in [0.3, 0.4) is 0 Å². The van der Waals surface area contributed by atoms with Crippen LogP contribution in [-0.4, -0.2) is 56.7 Å². The van der Waals surface area contributed by atoms with E-state index in [0.717, 1.165) is 30.6 Å². The summed E-state index contributed by atoms with van der Waals surface area (Å²) in [5, 5.41) is 3.72. The topological polar surface area (TPSA) is 69.3 Å². The molecule has 7 nitrogen and oxygen atoms in total. The van der Waals surface area contributed by atoms with Crippen molar-refractivity contribution < 1.29 is 23.7 Å². The molecule has 0 radical (unpaired) electrons. The third-order valence-corrected chi connectivity index (χ3v) is 8.12. The lowest BCUT2D eigenvalue weighted by Crippen LogP contribution is -2.73. The Morgan fingerprint density at radius 3 is 2.72 bits per heavy atom. The number of nitrogens with one attached hydrogen (secondary N) is 1. The summed E-state index contributed by atoms with van der Waals surface area (Å²) in [5.74, 6) is 1.05. The van der Waals surface area contributed by atoms with Crippen molar-refractivity contribution in [2.24, 2.45) is 11.8 Å². The van der Waals surface area contributed by atoms with Gasteiger partial charge in [-0.1, -0.05) is 11.6 Å². The van der Waals surface area contributed by atoms with Crippen molar-refractivity contribution in [1.82, 2.24) is 4.90 Å². The number of carbonyl (C=O) groups excluding carboxylic acids is 1. The highest BCUT2D eigenvalue weighted by atomic mass is 16.6. The van der Waals surface area contributed by atoms with Crippen LogP contribution < -0.4 is 14.8 Å². The number of allylic oxidation sites excluding steroid dienone is 1. The monoisotopic (exact) mass is 398 g/mol. The van der Waals surface area contributed by atoms with Crippen molar-refractivity contribution in [3.05, 3.63) is 29.3 Å². The molecule has 1 saturated carbocycles. The van der Waals surface area contributed by atoms with Gasteiger partial charge in [0.1, 0.15) is 6.23 Å². The van der Waals surface area contributed by atoms with E-state index >= 15 is 0 Å². The van der Waals surface area contributed by atoms with E-state index in [4.69, 9.17) is 18.9 Å². The molecule has 154 valence electrons. The second kappa shape index (κ2) is 5.46. The van der Waals surface area contributed by atoms with E-state index in [9.17, 15) is 4.79 Å². The molecule has 3 saturated heterocycles. The van der Waals surface area contributed by atoms with Crippen LogP contribution in [0.15, 0.2) is 23.8 Å². The Labute approximate surface area is 169 Å². The zero-order valence-corrected chi connectivity index (χ0v) is 17.2. The minimum absolute atomic E-state index is 0.00268. The quantitative estimate of drug-likeness (QED) is 0.619. The first-order valence-corrected chi connectivity index (χ1v) is 10.3. The Morgan fingerprint density at radius 2 is 2.03 bits per heavy atom. The molecule has 1 N–H and O–H groups in total. The Hall–Kier alpha value is -2.25. The molecule has 1 spiro atoms. The van der Waals surface area contributed by atoms with Gasteiger partial charge in [0.2, 0.25) is 0 Å². The van der Waals surface area contributed by atoms with Gasteiger partial charge in [-0.25, -0.2) is 0 Å². The number of benzene rings is 1. The van der Waals surface area contributed by atoms with E-state index in [1.165, 1.54) is 12.7 Å². The lowest BCUT2D eigenvalue weighted by molar-refractivity contribution is -0.161. The summed E-state index contributed by atoms with van der Waals surface area (Å²) in [6, 6.07) is 4.24. The number of hydrogen-bond acceptors (Lipinski definition) is 7. The summed E-state index contributed by atoms with van der Waals surface area (Å²) in [4.78, 5) is 15.8. The van der Waals surface area contributed by atoms with Gasteiger partial charge in [-0.05, 0) is 30.9 Å². The predicted molar refractivity (Wildman–Crippen MR) is 105 cm³/mol. The summed E-state index contributed by atoms with van der Waals surface area (Å²) in [6.45, 7) is 2.92. The first-order chi connectivity index (χ1) is 14.0. The van der Waals surface area contributed by atoms with Crippen LogP contribution in [0.1, 0.15) is 25.3 Å². The van der Waals surface area contributed by atoms with Gasteiger partial charge >= 0.3 is 5.97 Å². The van der Waals surface area contributed by atoms with Crippen LogP contribution >= 0.6 is 0 Å². The lowest BCUT2D eigenvalue weighted by Gasteiger charge is -2.60. The van der Waals surface area contributed by atoms with E-state index in [2.05, 4.69) is 23.2 Å². The zero-order valence-electron chi connectivity index (χ0n) is 17.2. The van der Waals surface area contributed by atoms with E-state index in [1.807, 2.05) is 12.1 Å². The second-order valence-corrected chi connectivity index (χ2v) is 8.76. The number of esters is 1. The normalized spacial score (nSPS) is 41.9. The number of ether oxygens (including phenoxy) is 4. The Morgan fingerprint density at radius 1 is 1.28 bits per heavy atom. The molecule has 1 aromatic rings. The summed E-state index contributed by atoms with van der Waals surface area (Å²) in [6.07, 6.45) is 3.84. The molecule has 1 aliphatic carbocycles. The molecule has 29 heavy (non-hydrogen) atoms. The number of hydrogen-bond donors (Lipinski definition) is 1. The number of carbonyl (C=O) groups is 1. The summed E-state index contributed by atoms with van der Waals surface area (Å²) in [7, 11) is 4.77. The fourth-order valence-electron chi connectivity index (χ4n) is 7.12. The highest BCUT2D eigenvalue weighted by molar-refractivity contribution is 5.82. The van der Waals surface area contributed by atoms with Crippen molar-refractivity contribution in [3.8, 4) is 11.5 Å². The molecule has 4 heterocycles. The van der Waals surface area contributed by atoms with Gasteiger partial charge in [0, 0.05) is 24.7 Å². The third-order valence-electron chi connectivity index (χ3n) is 8.12. The highest BCUT2D eigenvalue weighted by Gasteiger charge is 2.82. The second-order valence-electron chi connectivity index (χ2n) is 8.76. The van der Waals surface area contributed by atoms with Crippen LogP contribution in [0.5, 0.6) is 11.5 Å². The molecule has 5 aliphatic rings. The number of methoxy groups -OCH3 is 3. The van der Waals surface area contributed by atoms with Crippen molar-refractivity contribution in [2.45, 2.75) is 43.2 Å². The van der Waals surface area contributed by atoms with Crippen LogP contribution in [0.4, 0.5) is 5.69 Å². The predicted octanol–water partition coefficient (Wildman–Crippen LogP) is 2.26. The van der Waals surface area contributed by atoms with Crippen molar-refractivity contribution in [1.29, 1.82) is 0 Å². The van der Waals surface area contributed by atoms with Crippen LogP contribution in [0.25, 0.3) is 0 Å². The van der Waals surface area contributed by atoms with Crippen molar-refractivity contribution >= 4 is 11.7 Å².